The minimum absolute atomic E-state index is 0.138. The topological polar surface area (TPSA) is 59.2 Å². The fourth-order valence-electron chi connectivity index (χ4n) is 1.44. The second-order valence-corrected chi connectivity index (χ2v) is 4.51. The molecule has 4 nitrogen and oxygen atoms in total. The van der Waals surface area contributed by atoms with Crippen LogP contribution in [0.2, 0.25) is 0 Å². The molecule has 13 heavy (non-hydrogen) atoms. The molecule has 1 saturated heterocycles. The van der Waals surface area contributed by atoms with Crippen molar-refractivity contribution in [2.45, 2.75) is 31.1 Å². The van der Waals surface area contributed by atoms with Gasteiger partial charge in [-0.25, -0.2) is 0 Å². The van der Waals surface area contributed by atoms with E-state index in [0.717, 1.165) is 6.42 Å². The number of nitrogens with zero attached hydrogens (tertiary/aromatic N) is 2. The summed E-state index contributed by atoms with van der Waals surface area (Å²) in [4.78, 5) is 4.05. The first-order valence-electron chi connectivity index (χ1n) is 4.42. The molecule has 0 radical (unpaired) electrons. The highest BCUT2D eigenvalue weighted by Gasteiger charge is 2.18. The van der Waals surface area contributed by atoms with Crippen LogP contribution < -0.4 is 0 Å². The van der Waals surface area contributed by atoms with E-state index in [1.165, 1.54) is 18.6 Å². The molecule has 1 aliphatic rings. The SMILES string of the molecule is OCc1noc(CC2CCCS2)n1. The zero-order valence-corrected chi connectivity index (χ0v) is 8.09. The van der Waals surface area contributed by atoms with Crippen LogP contribution in [-0.4, -0.2) is 26.2 Å². The molecular weight excluding hydrogens is 188 g/mol. The van der Waals surface area contributed by atoms with Crippen LogP contribution in [0.5, 0.6) is 0 Å². The van der Waals surface area contributed by atoms with E-state index < -0.39 is 0 Å². The summed E-state index contributed by atoms with van der Waals surface area (Å²) in [5.41, 5.74) is 0. The zero-order valence-electron chi connectivity index (χ0n) is 7.27. The van der Waals surface area contributed by atoms with E-state index in [1.807, 2.05) is 11.8 Å². The predicted octanol–water partition coefficient (Wildman–Crippen LogP) is 1.00. The number of aliphatic hydroxyl groups excluding tert-OH is 1. The summed E-state index contributed by atoms with van der Waals surface area (Å²) in [6.07, 6.45) is 3.37. The molecular formula is C8H12N2O2S. The maximum absolute atomic E-state index is 8.72. The third-order valence-corrected chi connectivity index (χ3v) is 3.48. The van der Waals surface area contributed by atoms with Gasteiger partial charge in [0.15, 0.2) is 5.82 Å². The van der Waals surface area contributed by atoms with Gasteiger partial charge in [0.2, 0.25) is 5.89 Å². The predicted molar refractivity (Wildman–Crippen MR) is 49.4 cm³/mol. The Morgan fingerprint density at radius 2 is 2.54 bits per heavy atom. The smallest absolute Gasteiger partial charge is 0.227 e. The van der Waals surface area contributed by atoms with Crippen molar-refractivity contribution in [3.05, 3.63) is 11.7 Å². The van der Waals surface area contributed by atoms with Crippen molar-refractivity contribution in [1.29, 1.82) is 0 Å². The van der Waals surface area contributed by atoms with E-state index in [2.05, 4.69) is 10.1 Å². The van der Waals surface area contributed by atoms with Gasteiger partial charge >= 0.3 is 0 Å². The summed E-state index contributed by atoms with van der Waals surface area (Å²) < 4.78 is 4.98. The Hall–Kier alpha value is -0.550. The lowest BCUT2D eigenvalue weighted by Gasteiger charge is -2.01. The molecule has 5 heteroatoms. The quantitative estimate of drug-likeness (QED) is 0.788. The molecule has 1 N–H and O–H groups in total. The number of aromatic nitrogens is 2. The highest BCUT2D eigenvalue weighted by atomic mass is 32.2. The largest absolute Gasteiger partial charge is 0.388 e. The standard InChI is InChI=1S/C8H12N2O2S/c11-5-7-9-8(12-10-7)4-6-2-1-3-13-6/h6,11H,1-5H2. The van der Waals surface area contributed by atoms with Gasteiger partial charge in [0.1, 0.15) is 6.61 Å². The number of aliphatic hydroxyl groups is 1. The van der Waals surface area contributed by atoms with E-state index in [9.17, 15) is 0 Å². The molecule has 1 fully saturated rings. The summed E-state index contributed by atoms with van der Waals surface area (Å²) in [7, 11) is 0. The van der Waals surface area contributed by atoms with Gasteiger partial charge in [-0.15, -0.1) is 0 Å². The van der Waals surface area contributed by atoms with Crippen LogP contribution in [0.1, 0.15) is 24.6 Å². The lowest BCUT2D eigenvalue weighted by atomic mass is 10.2. The first-order chi connectivity index (χ1) is 6.38. The van der Waals surface area contributed by atoms with Crippen LogP contribution in [0.15, 0.2) is 4.52 Å². The van der Waals surface area contributed by atoms with Crippen molar-refractivity contribution in [3.63, 3.8) is 0 Å². The highest BCUT2D eigenvalue weighted by Crippen LogP contribution is 2.28. The van der Waals surface area contributed by atoms with Gasteiger partial charge in [-0.1, -0.05) is 5.16 Å². The van der Waals surface area contributed by atoms with Crippen LogP contribution in [0.4, 0.5) is 0 Å². The first kappa shape index (κ1) is 9.02. The second-order valence-electron chi connectivity index (χ2n) is 3.10. The van der Waals surface area contributed by atoms with Gasteiger partial charge in [0, 0.05) is 11.7 Å². The molecule has 1 aromatic heterocycles. The molecule has 1 unspecified atom stereocenters. The lowest BCUT2D eigenvalue weighted by molar-refractivity contribution is 0.262. The van der Waals surface area contributed by atoms with E-state index >= 15 is 0 Å². The second kappa shape index (κ2) is 4.11. The van der Waals surface area contributed by atoms with E-state index in [4.69, 9.17) is 9.63 Å². The van der Waals surface area contributed by atoms with Crippen LogP contribution in [0.3, 0.4) is 0 Å². The molecule has 72 valence electrons. The summed E-state index contributed by atoms with van der Waals surface area (Å²) in [5, 5.41) is 13.0. The lowest BCUT2D eigenvalue weighted by Crippen LogP contribution is -2.02. The number of hydrogen-bond donors (Lipinski definition) is 1. The minimum atomic E-state index is -0.138. The molecule has 0 spiro atoms. The van der Waals surface area contributed by atoms with Crippen molar-refractivity contribution in [2.75, 3.05) is 5.75 Å². The molecule has 1 aliphatic heterocycles. The average Bonchev–Trinajstić information content (AvgIpc) is 2.76. The Morgan fingerprint density at radius 3 is 3.15 bits per heavy atom. The van der Waals surface area contributed by atoms with Gasteiger partial charge in [0.05, 0.1) is 0 Å². The molecule has 0 amide bonds. The number of rotatable bonds is 3. The zero-order chi connectivity index (χ0) is 9.10. The van der Waals surface area contributed by atoms with E-state index in [0.29, 0.717) is 17.0 Å². The summed E-state index contributed by atoms with van der Waals surface area (Å²) >= 11 is 1.96. The Kier molecular flexibility index (Phi) is 2.85. The number of thioether (sulfide) groups is 1. The van der Waals surface area contributed by atoms with Gasteiger partial charge in [-0.2, -0.15) is 16.7 Å². The summed E-state index contributed by atoms with van der Waals surface area (Å²) in [6, 6.07) is 0. The fraction of sp³-hybridized carbons (Fsp3) is 0.750. The molecule has 1 aromatic rings. The van der Waals surface area contributed by atoms with Gasteiger partial charge in [-0.3, -0.25) is 0 Å². The van der Waals surface area contributed by atoms with Gasteiger partial charge in [0.25, 0.3) is 0 Å². The Balaban J connectivity index is 1.92. The van der Waals surface area contributed by atoms with Crippen LogP contribution in [0.25, 0.3) is 0 Å². The monoisotopic (exact) mass is 200 g/mol. The third kappa shape index (κ3) is 2.22. The van der Waals surface area contributed by atoms with Crippen LogP contribution >= 0.6 is 11.8 Å². The van der Waals surface area contributed by atoms with Gasteiger partial charge in [-0.05, 0) is 18.6 Å². The Bertz CT molecular complexity index is 271. The number of hydrogen-bond acceptors (Lipinski definition) is 5. The van der Waals surface area contributed by atoms with Crippen molar-refractivity contribution in [3.8, 4) is 0 Å². The Labute approximate surface area is 80.7 Å². The van der Waals surface area contributed by atoms with E-state index in [-0.39, 0.29) is 6.61 Å². The van der Waals surface area contributed by atoms with Crippen LogP contribution in [-0.2, 0) is 13.0 Å². The van der Waals surface area contributed by atoms with Crippen molar-refractivity contribution >= 4 is 11.8 Å². The van der Waals surface area contributed by atoms with Crippen molar-refractivity contribution < 1.29 is 9.63 Å². The van der Waals surface area contributed by atoms with Gasteiger partial charge < -0.3 is 9.63 Å². The minimum Gasteiger partial charge on any atom is -0.388 e. The molecule has 1 atom stereocenters. The molecule has 0 aliphatic carbocycles. The van der Waals surface area contributed by atoms with Crippen LogP contribution in [0, 0.1) is 0 Å². The molecule has 2 heterocycles. The molecule has 0 saturated carbocycles. The highest BCUT2D eigenvalue weighted by molar-refractivity contribution is 8.00. The summed E-state index contributed by atoms with van der Waals surface area (Å²) in [5.74, 6) is 2.28. The maximum Gasteiger partial charge on any atom is 0.227 e. The molecule has 0 bridgehead atoms. The fourth-order valence-corrected chi connectivity index (χ4v) is 2.70. The Morgan fingerprint density at radius 1 is 1.62 bits per heavy atom. The van der Waals surface area contributed by atoms with E-state index in [1.54, 1.807) is 0 Å². The molecule has 2 rings (SSSR count). The normalized spacial score (nSPS) is 22.4. The van der Waals surface area contributed by atoms with Crippen molar-refractivity contribution in [2.24, 2.45) is 0 Å². The molecule has 0 aromatic carbocycles. The summed E-state index contributed by atoms with van der Waals surface area (Å²) in [6.45, 7) is -0.138. The third-order valence-electron chi connectivity index (χ3n) is 2.08. The van der Waals surface area contributed by atoms with Crippen molar-refractivity contribution in [1.82, 2.24) is 10.1 Å². The first-order valence-corrected chi connectivity index (χ1v) is 5.47. The maximum atomic E-state index is 8.72. The average molecular weight is 200 g/mol.